The fourth-order valence-electron chi connectivity index (χ4n) is 3.93. The maximum atomic E-state index is 12.5. The zero-order valence-corrected chi connectivity index (χ0v) is 14.2. The lowest BCUT2D eigenvalue weighted by atomic mass is 9.81. The molecule has 3 unspecified atom stereocenters. The van der Waals surface area contributed by atoms with E-state index in [4.69, 9.17) is 18.9 Å². The van der Waals surface area contributed by atoms with E-state index in [0.717, 1.165) is 0 Å². The highest BCUT2D eigenvalue weighted by Crippen LogP contribution is 2.50. The van der Waals surface area contributed by atoms with Gasteiger partial charge < -0.3 is 29.2 Å². The van der Waals surface area contributed by atoms with Crippen molar-refractivity contribution in [1.29, 1.82) is 0 Å². The van der Waals surface area contributed by atoms with E-state index < -0.39 is 48.6 Å². The van der Waals surface area contributed by atoms with Crippen molar-refractivity contribution >= 4 is 5.97 Å². The van der Waals surface area contributed by atoms with Crippen molar-refractivity contribution in [2.24, 2.45) is 0 Å². The fraction of sp³-hybridized carbons (Fsp3) is 0.350. The van der Waals surface area contributed by atoms with E-state index in [-0.39, 0.29) is 0 Å². The van der Waals surface area contributed by atoms with Crippen molar-refractivity contribution in [2.75, 3.05) is 0 Å². The van der Waals surface area contributed by atoms with Gasteiger partial charge in [-0.25, -0.2) is 4.79 Å². The topological polar surface area (TPSA) is 94.5 Å². The van der Waals surface area contributed by atoms with Gasteiger partial charge in [0.05, 0.1) is 5.56 Å². The first kappa shape index (κ1) is 16.9. The average molecular weight is 370 g/mol. The van der Waals surface area contributed by atoms with Gasteiger partial charge in [0.25, 0.3) is 0 Å². The number of ether oxygens (including phenoxy) is 4. The summed E-state index contributed by atoms with van der Waals surface area (Å²) in [6.45, 7) is 0. The fourth-order valence-corrected chi connectivity index (χ4v) is 3.93. The van der Waals surface area contributed by atoms with E-state index >= 15 is 0 Å². The third-order valence-corrected chi connectivity index (χ3v) is 5.25. The lowest BCUT2D eigenvalue weighted by molar-refractivity contribution is -0.547. The molecule has 7 nitrogen and oxygen atoms in total. The van der Waals surface area contributed by atoms with Gasteiger partial charge in [-0.15, -0.1) is 0 Å². The van der Waals surface area contributed by atoms with Crippen molar-refractivity contribution in [1.82, 2.24) is 0 Å². The van der Waals surface area contributed by atoms with Crippen molar-refractivity contribution < 1.29 is 34.0 Å². The highest BCUT2D eigenvalue weighted by atomic mass is 16.9. The van der Waals surface area contributed by atoms with Crippen LogP contribution in [0.25, 0.3) is 0 Å². The summed E-state index contributed by atoms with van der Waals surface area (Å²) in [7, 11) is 0. The van der Waals surface area contributed by atoms with Crippen LogP contribution in [0.15, 0.2) is 60.7 Å². The summed E-state index contributed by atoms with van der Waals surface area (Å²) < 4.78 is 23.2. The number of rotatable bonds is 3. The molecule has 6 rings (SSSR count). The first-order valence-electron chi connectivity index (χ1n) is 8.80. The lowest BCUT2D eigenvalue weighted by Crippen LogP contribution is -2.78. The Kier molecular flexibility index (Phi) is 3.82. The molecule has 4 aliphatic rings. The van der Waals surface area contributed by atoms with Gasteiger partial charge in [-0.2, -0.15) is 0 Å². The normalized spacial score (nSPS) is 39.3. The van der Waals surface area contributed by atoms with Crippen LogP contribution in [-0.2, 0) is 24.9 Å². The van der Waals surface area contributed by atoms with E-state index in [9.17, 15) is 15.0 Å². The van der Waals surface area contributed by atoms with Crippen LogP contribution >= 0.6 is 0 Å². The van der Waals surface area contributed by atoms with Gasteiger partial charge >= 0.3 is 11.9 Å². The number of benzene rings is 2. The van der Waals surface area contributed by atoms with Gasteiger partial charge in [-0.1, -0.05) is 48.5 Å². The molecule has 0 spiro atoms. The first-order chi connectivity index (χ1) is 13.1. The summed E-state index contributed by atoms with van der Waals surface area (Å²) >= 11 is 0. The second-order valence-corrected chi connectivity index (χ2v) is 6.89. The summed E-state index contributed by atoms with van der Waals surface area (Å²) in [4.78, 5) is 12.5. The standard InChI is InChI=1S/C20H18O7/c21-13-15-14(22)17-18(24-19(23)11-7-3-1-4-8-11)16(13)26-20(25-15,27-17)12-9-5-2-6-10-12/h1-10,13-18,21-22H/t13-,14-,15?,16-,17+,18?,20?/m0/s1. The van der Waals surface area contributed by atoms with Gasteiger partial charge in [0.2, 0.25) is 0 Å². The smallest absolute Gasteiger partial charge is 0.338 e. The number of hydrogen-bond acceptors (Lipinski definition) is 7. The Hall–Kier alpha value is -2.29. The Morgan fingerprint density at radius 3 is 1.93 bits per heavy atom. The second-order valence-electron chi connectivity index (χ2n) is 6.89. The molecule has 2 aromatic rings. The molecule has 0 radical (unpaired) electrons. The monoisotopic (exact) mass is 370 g/mol. The Labute approximate surface area is 155 Å². The molecule has 0 amide bonds. The molecule has 27 heavy (non-hydrogen) atoms. The minimum atomic E-state index is -1.53. The molecule has 2 N–H and O–H groups in total. The zero-order chi connectivity index (χ0) is 18.6. The van der Waals surface area contributed by atoms with Crippen molar-refractivity contribution in [2.45, 2.75) is 42.6 Å². The van der Waals surface area contributed by atoms with Gasteiger partial charge in [0.15, 0.2) is 6.10 Å². The van der Waals surface area contributed by atoms with E-state index in [1.165, 1.54) is 0 Å². The van der Waals surface area contributed by atoms with Crippen LogP contribution in [0.2, 0.25) is 0 Å². The van der Waals surface area contributed by atoms with Crippen molar-refractivity contribution in [3.05, 3.63) is 71.8 Å². The van der Waals surface area contributed by atoms with Crippen LogP contribution in [0.5, 0.6) is 0 Å². The third-order valence-electron chi connectivity index (χ3n) is 5.25. The number of aliphatic hydroxyl groups is 2. The molecule has 140 valence electrons. The maximum absolute atomic E-state index is 12.5. The molecule has 4 bridgehead atoms. The number of hydrogen-bond donors (Lipinski definition) is 2. The van der Waals surface area contributed by atoms with Gasteiger partial charge in [-0.05, 0) is 12.1 Å². The SMILES string of the molecule is O=C(OC1[C@H]2OC3(c4ccccc4)OC([C@@H]2O)[C@H](O)[C@H]1O3)c1ccccc1. The van der Waals surface area contributed by atoms with Crippen LogP contribution in [-0.4, -0.2) is 52.8 Å². The quantitative estimate of drug-likeness (QED) is 0.777. The van der Waals surface area contributed by atoms with Crippen LogP contribution in [0, 0.1) is 0 Å². The molecule has 4 fully saturated rings. The third kappa shape index (κ3) is 2.51. The summed E-state index contributed by atoms with van der Waals surface area (Å²) in [6, 6.07) is 17.5. The van der Waals surface area contributed by atoms with E-state index in [0.29, 0.717) is 11.1 Å². The summed E-state index contributed by atoms with van der Waals surface area (Å²) in [5, 5.41) is 21.1. The lowest BCUT2D eigenvalue weighted by Gasteiger charge is -2.60. The Balaban J connectivity index is 1.46. The average Bonchev–Trinajstić information content (AvgIpc) is 2.72. The molecule has 3 heterocycles. The maximum Gasteiger partial charge on any atom is 0.338 e. The molecule has 1 aliphatic carbocycles. The highest BCUT2D eigenvalue weighted by Gasteiger charge is 2.68. The van der Waals surface area contributed by atoms with Gasteiger partial charge in [-0.3, -0.25) is 0 Å². The molecule has 1 saturated carbocycles. The predicted molar refractivity (Wildman–Crippen MR) is 90.4 cm³/mol. The van der Waals surface area contributed by atoms with E-state index in [1.807, 2.05) is 18.2 Å². The molecule has 7 heteroatoms. The van der Waals surface area contributed by atoms with Crippen LogP contribution in [0.3, 0.4) is 0 Å². The first-order valence-corrected chi connectivity index (χ1v) is 8.80. The Morgan fingerprint density at radius 1 is 0.815 bits per heavy atom. The van der Waals surface area contributed by atoms with Crippen molar-refractivity contribution in [3.63, 3.8) is 0 Å². The Morgan fingerprint density at radius 2 is 1.33 bits per heavy atom. The number of carbonyl (C=O) groups is 1. The number of carbonyl (C=O) groups excluding carboxylic acids is 1. The Bertz CT molecular complexity index is 820. The molecular formula is C20H18O7. The van der Waals surface area contributed by atoms with Crippen LogP contribution < -0.4 is 0 Å². The highest BCUT2D eigenvalue weighted by molar-refractivity contribution is 5.89. The minimum Gasteiger partial charge on any atom is -0.453 e. The summed E-state index contributed by atoms with van der Waals surface area (Å²) in [6.07, 6.45) is -5.90. The predicted octanol–water partition coefficient (Wildman–Crippen LogP) is 0.941. The largest absolute Gasteiger partial charge is 0.453 e. The molecule has 2 aromatic carbocycles. The molecular weight excluding hydrogens is 352 g/mol. The number of aliphatic hydroxyl groups excluding tert-OH is 2. The summed E-state index contributed by atoms with van der Waals surface area (Å²) in [5.74, 6) is -2.11. The molecule has 7 atom stereocenters. The van der Waals surface area contributed by atoms with Crippen molar-refractivity contribution in [3.8, 4) is 0 Å². The van der Waals surface area contributed by atoms with Crippen LogP contribution in [0.4, 0.5) is 0 Å². The summed E-state index contributed by atoms with van der Waals surface area (Å²) in [5.41, 5.74) is 0.973. The zero-order valence-electron chi connectivity index (χ0n) is 14.2. The second kappa shape index (κ2) is 6.12. The van der Waals surface area contributed by atoms with Gasteiger partial charge in [0.1, 0.15) is 30.5 Å². The van der Waals surface area contributed by atoms with Gasteiger partial charge in [0, 0.05) is 5.56 Å². The van der Waals surface area contributed by atoms with E-state index in [2.05, 4.69) is 0 Å². The molecule has 3 saturated heterocycles. The van der Waals surface area contributed by atoms with E-state index in [1.54, 1.807) is 42.5 Å². The van der Waals surface area contributed by atoms with Crippen LogP contribution in [0.1, 0.15) is 15.9 Å². The number of esters is 1. The molecule has 0 aromatic heterocycles. The minimum absolute atomic E-state index is 0.365. The molecule has 3 aliphatic heterocycles.